The van der Waals surface area contributed by atoms with E-state index in [1.54, 1.807) is 54.0 Å². The van der Waals surface area contributed by atoms with Crippen LogP contribution in [0.1, 0.15) is 34.8 Å². The van der Waals surface area contributed by atoms with Crippen molar-refractivity contribution < 1.29 is 14.4 Å². The van der Waals surface area contributed by atoms with Crippen molar-refractivity contribution in [1.82, 2.24) is 14.7 Å². The molecule has 222 valence electrons. The van der Waals surface area contributed by atoms with E-state index < -0.39 is 5.91 Å². The molecule has 3 aromatic carbocycles. The van der Waals surface area contributed by atoms with Gasteiger partial charge in [0.25, 0.3) is 5.91 Å². The number of rotatable bonds is 11. The molecule has 1 aliphatic heterocycles. The molecule has 1 saturated heterocycles. The van der Waals surface area contributed by atoms with Gasteiger partial charge in [0.2, 0.25) is 11.8 Å². The van der Waals surface area contributed by atoms with Gasteiger partial charge >= 0.3 is 0 Å². The van der Waals surface area contributed by atoms with Crippen molar-refractivity contribution in [3.05, 3.63) is 87.9 Å². The Labute approximate surface area is 257 Å². The van der Waals surface area contributed by atoms with Crippen LogP contribution in [-0.4, -0.2) is 86.3 Å². The van der Waals surface area contributed by atoms with Gasteiger partial charge in [0, 0.05) is 38.9 Å². The molecule has 8 nitrogen and oxygen atoms in total. The van der Waals surface area contributed by atoms with Crippen molar-refractivity contribution >= 4 is 46.6 Å². The van der Waals surface area contributed by atoms with Crippen LogP contribution in [0.2, 0.25) is 10.0 Å². The lowest BCUT2D eigenvalue weighted by atomic mass is 9.98. The van der Waals surface area contributed by atoms with Crippen LogP contribution in [0, 0.1) is 0 Å². The van der Waals surface area contributed by atoms with Gasteiger partial charge in [-0.15, -0.1) is 0 Å². The van der Waals surface area contributed by atoms with Crippen molar-refractivity contribution in [2.24, 2.45) is 5.73 Å². The number of carbonyl (C=O) groups excluding carboxylic acids is 3. The lowest BCUT2D eigenvalue weighted by Gasteiger charge is -2.34. The SMILES string of the molecule is CN(C)C(=O)c1ccc(-c2ccc([C@H](CN3CCCC3)N(C)C(=O)CN(CC(N)=O)c3ccc(Cl)c(Cl)c3)cc2)cc1. The maximum Gasteiger partial charge on any atom is 0.253 e. The van der Waals surface area contributed by atoms with Crippen LogP contribution in [0.5, 0.6) is 0 Å². The van der Waals surface area contributed by atoms with Crippen LogP contribution in [0.25, 0.3) is 11.1 Å². The third kappa shape index (κ3) is 7.82. The Morgan fingerprint density at radius 2 is 1.43 bits per heavy atom. The first-order chi connectivity index (χ1) is 20.0. The number of amides is 3. The van der Waals surface area contributed by atoms with Gasteiger partial charge in [-0.05, 0) is 73.0 Å². The highest BCUT2D eigenvalue weighted by Crippen LogP contribution is 2.29. The van der Waals surface area contributed by atoms with Crippen molar-refractivity contribution in [3.63, 3.8) is 0 Å². The number of nitrogens with zero attached hydrogens (tertiary/aromatic N) is 4. The lowest BCUT2D eigenvalue weighted by Crippen LogP contribution is -2.45. The molecule has 10 heteroatoms. The van der Waals surface area contributed by atoms with Gasteiger partial charge in [0.1, 0.15) is 0 Å². The third-order valence-corrected chi connectivity index (χ3v) is 8.34. The summed E-state index contributed by atoms with van der Waals surface area (Å²) in [5.74, 6) is -0.750. The Morgan fingerprint density at radius 3 is 1.98 bits per heavy atom. The predicted octanol–water partition coefficient (Wildman–Crippen LogP) is 4.95. The highest BCUT2D eigenvalue weighted by molar-refractivity contribution is 6.42. The number of anilines is 1. The van der Waals surface area contributed by atoms with Crippen molar-refractivity contribution in [2.75, 3.05) is 58.8 Å². The number of primary amides is 1. The number of hydrogen-bond donors (Lipinski definition) is 1. The Kier molecular flexibility index (Phi) is 10.5. The second-order valence-corrected chi connectivity index (χ2v) is 11.7. The number of hydrogen-bond acceptors (Lipinski definition) is 5. The van der Waals surface area contributed by atoms with Gasteiger partial charge < -0.3 is 25.3 Å². The minimum absolute atomic E-state index is 0.0390. The summed E-state index contributed by atoms with van der Waals surface area (Å²) in [5.41, 5.74) is 9.77. The molecule has 0 unspecified atom stereocenters. The molecule has 1 atom stereocenters. The van der Waals surface area contributed by atoms with Crippen LogP contribution < -0.4 is 10.6 Å². The van der Waals surface area contributed by atoms with E-state index in [1.165, 1.54) is 0 Å². The van der Waals surface area contributed by atoms with Crippen molar-refractivity contribution in [3.8, 4) is 11.1 Å². The Hall–Kier alpha value is -3.59. The van der Waals surface area contributed by atoms with Gasteiger partial charge in [-0.2, -0.15) is 0 Å². The van der Waals surface area contributed by atoms with Gasteiger partial charge in [-0.25, -0.2) is 0 Å². The molecule has 2 N–H and O–H groups in total. The maximum atomic E-state index is 13.7. The average Bonchev–Trinajstić information content (AvgIpc) is 3.49. The number of halogens is 2. The highest BCUT2D eigenvalue weighted by Gasteiger charge is 2.27. The molecular formula is C32H37Cl2N5O3. The fourth-order valence-corrected chi connectivity index (χ4v) is 5.47. The molecule has 1 heterocycles. The number of likely N-dealkylation sites (N-methyl/N-ethyl adjacent to an activating group) is 1. The summed E-state index contributed by atoms with van der Waals surface area (Å²) in [7, 11) is 5.27. The summed E-state index contributed by atoms with van der Waals surface area (Å²) in [6.45, 7) is 2.49. The van der Waals surface area contributed by atoms with Gasteiger partial charge in [0.05, 0.1) is 29.2 Å². The van der Waals surface area contributed by atoms with E-state index in [9.17, 15) is 14.4 Å². The Balaban J connectivity index is 1.56. The van der Waals surface area contributed by atoms with E-state index in [-0.39, 0.29) is 30.9 Å². The summed E-state index contributed by atoms with van der Waals surface area (Å²) in [5, 5.41) is 0.713. The zero-order valence-electron chi connectivity index (χ0n) is 24.2. The van der Waals surface area contributed by atoms with Gasteiger partial charge in [-0.1, -0.05) is 59.6 Å². The van der Waals surface area contributed by atoms with Crippen LogP contribution in [0.4, 0.5) is 5.69 Å². The zero-order valence-corrected chi connectivity index (χ0v) is 25.7. The molecular weight excluding hydrogens is 573 g/mol. The minimum atomic E-state index is -0.556. The van der Waals surface area contributed by atoms with Gasteiger partial charge in [-0.3, -0.25) is 14.4 Å². The molecule has 0 aromatic heterocycles. The molecule has 0 radical (unpaired) electrons. The standard InChI is InChI=1S/C32H37Cl2N5O3/c1-36(2)32(42)25-12-8-23(9-13-25)22-6-10-24(11-7-22)29(19-38-16-4-5-17-38)37(3)31(41)21-39(20-30(35)40)26-14-15-27(33)28(34)18-26/h6-15,18,29H,4-5,16-17,19-21H2,1-3H3,(H2,35,40)/t29-/m0/s1. The van der Waals surface area contributed by atoms with Crippen LogP contribution in [0.3, 0.4) is 0 Å². The number of benzene rings is 3. The molecule has 1 fully saturated rings. The zero-order chi connectivity index (χ0) is 30.4. The molecule has 1 aliphatic rings. The second kappa shape index (κ2) is 14.1. The van der Waals surface area contributed by atoms with Crippen LogP contribution in [-0.2, 0) is 9.59 Å². The van der Waals surface area contributed by atoms with E-state index in [2.05, 4.69) is 17.0 Å². The molecule has 42 heavy (non-hydrogen) atoms. The molecule has 3 amide bonds. The maximum absolute atomic E-state index is 13.7. The van der Waals surface area contributed by atoms with Gasteiger partial charge in [0.15, 0.2) is 0 Å². The average molecular weight is 611 g/mol. The molecule has 0 bridgehead atoms. The second-order valence-electron chi connectivity index (χ2n) is 10.8. The van der Waals surface area contributed by atoms with E-state index in [1.807, 2.05) is 36.4 Å². The monoisotopic (exact) mass is 609 g/mol. The molecule has 4 rings (SSSR count). The lowest BCUT2D eigenvalue weighted by molar-refractivity contribution is -0.131. The van der Waals surface area contributed by atoms with E-state index >= 15 is 0 Å². The Bertz CT molecular complexity index is 1410. The number of likely N-dealkylation sites (tertiary alicyclic amines) is 1. The van der Waals surface area contributed by atoms with E-state index in [0.717, 1.165) is 42.6 Å². The summed E-state index contributed by atoms with van der Waals surface area (Å²) >= 11 is 12.3. The first-order valence-corrected chi connectivity index (χ1v) is 14.7. The van der Waals surface area contributed by atoms with Crippen LogP contribution in [0.15, 0.2) is 66.7 Å². The molecule has 0 saturated carbocycles. The fraction of sp³-hybridized carbons (Fsp3) is 0.344. The first-order valence-electron chi connectivity index (χ1n) is 13.9. The van der Waals surface area contributed by atoms with E-state index in [0.29, 0.717) is 27.8 Å². The normalized spacial score (nSPS) is 13.9. The fourth-order valence-electron chi connectivity index (χ4n) is 5.18. The molecule has 0 aliphatic carbocycles. The highest BCUT2D eigenvalue weighted by atomic mass is 35.5. The molecule has 3 aromatic rings. The largest absolute Gasteiger partial charge is 0.368 e. The Morgan fingerprint density at radius 1 is 0.833 bits per heavy atom. The van der Waals surface area contributed by atoms with Crippen molar-refractivity contribution in [2.45, 2.75) is 18.9 Å². The number of nitrogens with two attached hydrogens (primary N) is 1. The third-order valence-electron chi connectivity index (χ3n) is 7.60. The minimum Gasteiger partial charge on any atom is -0.368 e. The first kappa shape index (κ1) is 31.3. The van der Waals surface area contributed by atoms with Crippen LogP contribution >= 0.6 is 23.2 Å². The summed E-state index contributed by atoms with van der Waals surface area (Å²) in [6, 6.07) is 20.5. The summed E-state index contributed by atoms with van der Waals surface area (Å²) < 4.78 is 0. The van der Waals surface area contributed by atoms with E-state index in [4.69, 9.17) is 28.9 Å². The quantitative estimate of drug-likeness (QED) is 0.332. The molecule has 0 spiro atoms. The topological polar surface area (TPSA) is 90.2 Å². The number of carbonyl (C=O) groups is 3. The predicted molar refractivity (Wildman–Crippen MR) is 169 cm³/mol. The smallest absolute Gasteiger partial charge is 0.253 e. The van der Waals surface area contributed by atoms with Crippen molar-refractivity contribution in [1.29, 1.82) is 0 Å². The summed E-state index contributed by atoms with van der Waals surface area (Å²) in [4.78, 5) is 45.1. The summed E-state index contributed by atoms with van der Waals surface area (Å²) in [6.07, 6.45) is 2.28.